The third-order valence-corrected chi connectivity index (χ3v) is 4.36. The lowest BCUT2D eigenvalue weighted by molar-refractivity contribution is -0.116. The van der Waals surface area contributed by atoms with E-state index in [1.165, 1.54) is 22.7 Å². The van der Waals surface area contributed by atoms with Crippen molar-refractivity contribution in [2.45, 2.75) is 20.4 Å². The van der Waals surface area contributed by atoms with Crippen molar-refractivity contribution in [3.05, 3.63) is 65.9 Å². The SMILES string of the molecule is CCOc1ccc(C=CC(=O)NCCn2c(C)cc3ccccc32)cc1O. The number of aromatic nitrogens is 1. The predicted octanol–water partition coefficient (Wildman–Crippen LogP) is 3.88. The molecule has 2 N–H and O–H groups in total. The molecule has 3 aromatic rings. The number of nitrogens with zero attached hydrogens (tertiary/aromatic N) is 1. The monoisotopic (exact) mass is 364 g/mol. The van der Waals surface area contributed by atoms with Crippen molar-refractivity contribution >= 4 is 22.9 Å². The molecule has 140 valence electrons. The van der Waals surface area contributed by atoms with Crippen LogP contribution >= 0.6 is 0 Å². The Labute approximate surface area is 158 Å². The van der Waals surface area contributed by atoms with Gasteiger partial charge in [-0.3, -0.25) is 4.79 Å². The van der Waals surface area contributed by atoms with Crippen molar-refractivity contribution in [1.82, 2.24) is 9.88 Å². The molecule has 27 heavy (non-hydrogen) atoms. The minimum Gasteiger partial charge on any atom is -0.504 e. The van der Waals surface area contributed by atoms with E-state index in [2.05, 4.69) is 35.0 Å². The molecule has 0 unspecified atom stereocenters. The van der Waals surface area contributed by atoms with Gasteiger partial charge >= 0.3 is 0 Å². The number of amides is 1. The molecule has 5 nitrogen and oxygen atoms in total. The van der Waals surface area contributed by atoms with Gasteiger partial charge in [-0.15, -0.1) is 0 Å². The number of carbonyl (C=O) groups excluding carboxylic acids is 1. The summed E-state index contributed by atoms with van der Waals surface area (Å²) in [6, 6.07) is 15.4. The molecule has 1 aromatic heterocycles. The van der Waals surface area contributed by atoms with Crippen molar-refractivity contribution in [3.63, 3.8) is 0 Å². The number of nitrogens with one attached hydrogen (secondary N) is 1. The molecular weight excluding hydrogens is 340 g/mol. The topological polar surface area (TPSA) is 63.5 Å². The number of benzene rings is 2. The number of aromatic hydroxyl groups is 1. The highest BCUT2D eigenvalue weighted by molar-refractivity contribution is 5.91. The summed E-state index contributed by atoms with van der Waals surface area (Å²) < 4.78 is 7.49. The van der Waals surface area contributed by atoms with Gasteiger partial charge in [0, 0.05) is 30.4 Å². The number of carbonyl (C=O) groups is 1. The summed E-state index contributed by atoms with van der Waals surface area (Å²) in [6.07, 6.45) is 3.14. The number of hydrogen-bond donors (Lipinski definition) is 2. The molecule has 1 amide bonds. The van der Waals surface area contributed by atoms with E-state index >= 15 is 0 Å². The number of hydrogen-bond acceptors (Lipinski definition) is 3. The minimum absolute atomic E-state index is 0.0642. The van der Waals surface area contributed by atoms with Crippen molar-refractivity contribution in [2.75, 3.05) is 13.2 Å². The number of phenolic OH excluding ortho intramolecular Hbond substituents is 1. The molecule has 3 rings (SSSR count). The van der Waals surface area contributed by atoms with Gasteiger partial charge in [-0.2, -0.15) is 0 Å². The maximum absolute atomic E-state index is 12.1. The van der Waals surface area contributed by atoms with E-state index in [-0.39, 0.29) is 11.7 Å². The van der Waals surface area contributed by atoms with Gasteiger partial charge in [-0.1, -0.05) is 24.3 Å². The van der Waals surface area contributed by atoms with E-state index in [1.54, 1.807) is 24.3 Å². The van der Waals surface area contributed by atoms with Gasteiger partial charge in [-0.05, 0) is 55.1 Å². The first-order valence-electron chi connectivity index (χ1n) is 9.05. The Bertz CT molecular complexity index is 973. The predicted molar refractivity (Wildman–Crippen MR) is 108 cm³/mol. The van der Waals surface area contributed by atoms with Crippen LogP contribution in [0.2, 0.25) is 0 Å². The quantitative estimate of drug-likeness (QED) is 0.625. The number of rotatable bonds is 7. The van der Waals surface area contributed by atoms with E-state index in [1.807, 2.05) is 19.1 Å². The molecule has 0 aliphatic rings. The first kappa shape index (κ1) is 18.6. The van der Waals surface area contributed by atoms with Crippen LogP contribution in [0.15, 0.2) is 54.6 Å². The van der Waals surface area contributed by atoms with Crippen LogP contribution in [0.3, 0.4) is 0 Å². The van der Waals surface area contributed by atoms with Gasteiger partial charge in [0.2, 0.25) is 5.91 Å². The minimum atomic E-state index is -0.169. The first-order valence-corrected chi connectivity index (χ1v) is 9.05. The molecule has 0 spiro atoms. The zero-order valence-corrected chi connectivity index (χ0v) is 15.6. The molecule has 2 aromatic carbocycles. The molecular formula is C22H24N2O3. The summed E-state index contributed by atoms with van der Waals surface area (Å²) in [6.45, 7) is 5.66. The van der Waals surface area contributed by atoms with Gasteiger partial charge in [0.1, 0.15) is 0 Å². The van der Waals surface area contributed by atoms with Crippen molar-refractivity contribution in [2.24, 2.45) is 0 Å². The highest BCUT2D eigenvalue weighted by Crippen LogP contribution is 2.27. The molecule has 0 saturated heterocycles. The maximum Gasteiger partial charge on any atom is 0.244 e. The average Bonchev–Trinajstić information content (AvgIpc) is 2.98. The van der Waals surface area contributed by atoms with Gasteiger partial charge in [0.05, 0.1) is 6.61 Å². The second kappa shape index (κ2) is 8.45. The lowest BCUT2D eigenvalue weighted by atomic mass is 10.2. The molecule has 0 aliphatic heterocycles. The Morgan fingerprint density at radius 3 is 2.81 bits per heavy atom. The lowest BCUT2D eigenvalue weighted by Gasteiger charge is -2.09. The first-order chi connectivity index (χ1) is 13.1. The van der Waals surface area contributed by atoms with E-state index in [0.717, 1.165) is 5.56 Å². The average molecular weight is 364 g/mol. The fourth-order valence-electron chi connectivity index (χ4n) is 3.08. The maximum atomic E-state index is 12.1. The van der Waals surface area contributed by atoms with E-state index in [4.69, 9.17) is 4.74 Å². The van der Waals surface area contributed by atoms with Crippen molar-refractivity contribution in [1.29, 1.82) is 0 Å². The Morgan fingerprint density at radius 1 is 1.22 bits per heavy atom. The molecule has 5 heteroatoms. The van der Waals surface area contributed by atoms with Crippen LogP contribution in [0.1, 0.15) is 18.2 Å². The van der Waals surface area contributed by atoms with Gasteiger partial charge < -0.3 is 19.7 Å². The van der Waals surface area contributed by atoms with Gasteiger partial charge in [-0.25, -0.2) is 0 Å². The Kier molecular flexibility index (Phi) is 5.81. The van der Waals surface area contributed by atoms with Crippen LogP contribution in [0.25, 0.3) is 17.0 Å². The second-order valence-corrected chi connectivity index (χ2v) is 6.28. The molecule has 0 bridgehead atoms. The summed E-state index contributed by atoms with van der Waals surface area (Å²) in [5, 5.41) is 14.0. The third-order valence-electron chi connectivity index (χ3n) is 4.36. The van der Waals surface area contributed by atoms with Crippen LogP contribution in [-0.2, 0) is 11.3 Å². The van der Waals surface area contributed by atoms with Gasteiger partial charge in [0.25, 0.3) is 0 Å². The highest BCUT2D eigenvalue weighted by atomic mass is 16.5. The number of fused-ring (bicyclic) bond motifs is 1. The summed E-state index contributed by atoms with van der Waals surface area (Å²) in [7, 11) is 0. The Balaban J connectivity index is 1.56. The summed E-state index contributed by atoms with van der Waals surface area (Å²) in [5.74, 6) is 0.334. The molecule has 1 heterocycles. The van der Waals surface area contributed by atoms with Crippen LogP contribution in [-0.4, -0.2) is 28.7 Å². The third kappa shape index (κ3) is 4.50. The lowest BCUT2D eigenvalue weighted by Crippen LogP contribution is -2.25. The number of para-hydroxylation sites is 1. The standard InChI is InChI=1S/C22H24N2O3/c1-3-27-21-10-8-17(15-20(21)25)9-11-22(26)23-12-13-24-16(2)14-18-6-4-5-7-19(18)24/h4-11,14-15,25H,3,12-13H2,1-2H3,(H,23,26). The fraction of sp³-hybridized carbons (Fsp3) is 0.227. The summed E-state index contributed by atoms with van der Waals surface area (Å²) in [5.41, 5.74) is 3.08. The number of aryl methyl sites for hydroxylation is 1. The molecule has 0 fully saturated rings. The summed E-state index contributed by atoms with van der Waals surface area (Å²) >= 11 is 0. The zero-order valence-electron chi connectivity index (χ0n) is 15.6. The summed E-state index contributed by atoms with van der Waals surface area (Å²) in [4.78, 5) is 12.1. The van der Waals surface area contributed by atoms with Crippen LogP contribution in [0.4, 0.5) is 0 Å². The van der Waals surface area contributed by atoms with Crippen molar-refractivity contribution in [3.8, 4) is 11.5 Å². The van der Waals surface area contributed by atoms with Crippen LogP contribution in [0, 0.1) is 6.92 Å². The number of ether oxygens (including phenoxy) is 1. The second-order valence-electron chi connectivity index (χ2n) is 6.28. The van der Waals surface area contributed by atoms with Gasteiger partial charge in [0.15, 0.2) is 11.5 Å². The van der Waals surface area contributed by atoms with E-state index < -0.39 is 0 Å². The highest BCUT2D eigenvalue weighted by Gasteiger charge is 2.05. The van der Waals surface area contributed by atoms with E-state index in [9.17, 15) is 9.90 Å². The van der Waals surface area contributed by atoms with Crippen molar-refractivity contribution < 1.29 is 14.6 Å². The normalized spacial score (nSPS) is 11.2. The smallest absolute Gasteiger partial charge is 0.244 e. The Morgan fingerprint density at radius 2 is 2.04 bits per heavy atom. The Hall–Kier alpha value is -3.21. The molecule has 0 atom stereocenters. The number of phenols is 1. The fourth-order valence-corrected chi connectivity index (χ4v) is 3.08. The molecule has 0 radical (unpaired) electrons. The molecule has 0 saturated carbocycles. The van der Waals surface area contributed by atoms with E-state index in [0.29, 0.717) is 25.4 Å². The molecule has 0 aliphatic carbocycles. The zero-order chi connectivity index (χ0) is 19.2. The van der Waals surface area contributed by atoms with Crippen LogP contribution < -0.4 is 10.1 Å². The van der Waals surface area contributed by atoms with Crippen LogP contribution in [0.5, 0.6) is 11.5 Å². The largest absolute Gasteiger partial charge is 0.504 e.